The highest BCUT2D eigenvalue weighted by Gasteiger charge is 2.19. The van der Waals surface area contributed by atoms with E-state index in [1.54, 1.807) is 24.9 Å². The zero-order chi connectivity index (χ0) is 24.6. The largest absolute Gasteiger partial charge is 0.462 e. The molecule has 1 atom stereocenters. The molecule has 1 unspecified atom stereocenters. The van der Waals surface area contributed by atoms with Gasteiger partial charge in [-0.2, -0.15) is 23.5 Å². The Morgan fingerprint density at radius 2 is 1.36 bits per heavy atom. The normalized spacial score (nSPS) is 12.0. The van der Waals surface area contributed by atoms with E-state index in [1.807, 2.05) is 0 Å². The van der Waals surface area contributed by atoms with E-state index in [0.717, 1.165) is 25.0 Å². The van der Waals surface area contributed by atoms with Gasteiger partial charge in [0.2, 0.25) is 0 Å². The molecule has 6 nitrogen and oxygen atoms in total. The fourth-order valence-electron chi connectivity index (χ4n) is 2.87. The van der Waals surface area contributed by atoms with Crippen molar-refractivity contribution in [1.29, 1.82) is 0 Å². The van der Waals surface area contributed by atoms with Gasteiger partial charge in [-0.3, -0.25) is 14.4 Å². The van der Waals surface area contributed by atoms with Crippen LogP contribution in [0.3, 0.4) is 0 Å². The molecule has 0 aromatic carbocycles. The van der Waals surface area contributed by atoms with E-state index in [0.29, 0.717) is 0 Å². The molecule has 8 heteroatoms. The van der Waals surface area contributed by atoms with E-state index < -0.39 is 12.1 Å². The van der Waals surface area contributed by atoms with Crippen molar-refractivity contribution in [1.82, 2.24) is 0 Å². The van der Waals surface area contributed by atoms with Gasteiger partial charge in [0.1, 0.15) is 13.2 Å². The topological polar surface area (TPSA) is 78.9 Å². The fraction of sp³-hybridized carbons (Fsp3) is 0.800. The van der Waals surface area contributed by atoms with Gasteiger partial charge in [0.15, 0.2) is 6.10 Å². The van der Waals surface area contributed by atoms with Crippen molar-refractivity contribution < 1.29 is 28.6 Å². The highest BCUT2D eigenvalue weighted by Crippen LogP contribution is 2.10. The van der Waals surface area contributed by atoms with Crippen molar-refractivity contribution >= 4 is 41.4 Å². The lowest BCUT2D eigenvalue weighted by Gasteiger charge is -2.17. The first kappa shape index (κ1) is 31.9. The van der Waals surface area contributed by atoms with Gasteiger partial charge in [-0.25, -0.2) is 0 Å². The second kappa shape index (κ2) is 24.0. The Morgan fingerprint density at radius 3 is 1.97 bits per heavy atom. The highest BCUT2D eigenvalue weighted by atomic mass is 32.2. The predicted octanol–water partition coefficient (Wildman–Crippen LogP) is 5.97. The molecule has 0 aliphatic rings. The summed E-state index contributed by atoms with van der Waals surface area (Å²) in [6.07, 6.45) is 18.2. The summed E-state index contributed by atoms with van der Waals surface area (Å²) in [5, 5.41) is 0. The molecule has 0 saturated carbocycles. The number of rotatable bonds is 22. The second-order valence-corrected chi connectivity index (χ2v) is 9.81. The first-order valence-corrected chi connectivity index (χ1v) is 14.8. The average molecular weight is 505 g/mol. The third-order valence-electron chi connectivity index (χ3n) is 4.73. The van der Waals surface area contributed by atoms with Crippen molar-refractivity contribution in [3.8, 4) is 0 Å². The van der Waals surface area contributed by atoms with Gasteiger partial charge in [0.25, 0.3) is 0 Å². The number of ether oxygens (including phenoxy) is 3. The Hall–Kier alpha value is -1.15. The predicted molar refractivity (Wildman–Crippen MR) is 139 cm³/mol. The zero-order valence-corrected chi connectivity index (χ0v) is 22.4. The smallest absolute Gasteiger partial charge is 0.316 e. The summed E-state index contributed by atoms with van der Waals surface area (Å²) in [5.41, 5.74) is 0. The van der Waals surface area contributed by atoms with Crippen LogP contribution in [0.1, 0.15) is 84.5 Å². The van der Waals surface area contributed by atoms with Gasteiger partial charge in [-0.1, -0.05) is 58.1 Å². The number of unbranched alkanes of at least 4 members (excludes halogenated alkanes) is 8. The van der Waals surface area contributed by atoms with E-state index in [2.05, 4.69) is 19.1 Å². The van der Waals surface area contributed by atoms with E-state index >= 15 is 0 Å². The Morgan fingerprint density at radius 1 is 0.758 bits per heavy atom. The molecule has 0 fully saturated rings. The zero-order valence-electron chi connectivity index (χ0n) is 20.8. The molecule has 0 bridgehead atoms. The molecule has 0 aromatic heterocycles. The fourth-order valence-corrected chi connectivity index (χ4v) is 3.98. The van der Waals surface area contributed by atoms with Crippen molar-refractivity contribution in [2.24, 2.45) is 0 Å². The van der Waals surface area contributed by atoms with Crippen LogP contribution in [0.2, 0.25) is 0 Å². The van der Waals surface area contributed by atoms with Gasteiger partial charge in [0, 0.05) is 6.42 Å². The molecule has 0 radical (unpaired) electrons. The summed E-state index contributed by atoms with van der Waals surface area (Å²) in [5.74, 6) is 0.202. The van der Waals surface area contributed by atoms with Crippen LogP contribution < -0.4 is 0 Å². The number of carbonyl (C=O) groups is 3. The summed E-state index contributed by atoms with van der Waals surface area (Å²) >= 11 is 2.88. The summed E-state index contributed by atoms with van der Waals surface area (Å²) in [4.78, 5) is 35.0. The van der Waals surface area contributed by atoms with E-state index in [9.17, 15) is 14.4 Å². The monoisotopic (exact) mass is 504 g/mol. The van der Waals surface area contributed by atoms with Gasteiger partial charge in [-0.15, -0.1) is 0 Å². The van der Waals surface area contributed by atoms with Gasteiger partial charge >= 0.3 is 17.9 Å². The van der Waals surface area contributed by atoms with Crippen LogP contribution in [0, 0.1) is 0 Å². The second-order valence-electron chi connectivity index (χ2n) is 7.84. The molecule has 0 saturated heterocycles. The van der Waals surface area contributed by atoms with Crippen LogP contribution in [0.25, 0.3) is 0 Å². The molecular formula is C25H44O6S2. The van der Waals surface area contributed by atoms with E-state index in [-0.39, 0.29) is 43.1 Å². The third kappa shape index (κ3) is 22.4. The van der Waals surface area contributed by atoms with Crippen LogP contribution in [-0.2, 0) is 28.6 Å². The van der Waals surface area contributed by atoms with Crippen molar-refractivity contribution in [3.63, 3.8) is 0 Å². The molecule has 0 rings (SSSR count). The molecule has 0 spiro atoms. The van der Waals surface area contributed by atoms with E-state index in [1.165, 1.54) is 56.7 Å². The molecule has 33 heavy (non-hydrogen) atoms. The maximum atomic E-state index is 12.0. The first-order valence-electron chi connectivity index (χ1n) is 12.3. The van der Waals surface area contributed by atoms with Crippen LogP contribution >= 0.6 is 23.5 Å². The molecule has 192 valence electrons. The minimum atomic E-state index is -0.779. The van der Waals surface area contributed by atoms with Crippen LogP contribution in [0.5, 0.6) is 0 Å². The van der Waals surface area contributed by atoms with Crippen molar-refractivity contribution in [3.05, 3.63) is 12.2 Å². The lowest BCUT2D eigenvalue weighted by molar-refractivity contribution is -0.164. The average Bonchev–Trinajstić information content (AvgIpc) is 2.80. The van der Waals surface area contributed by atoms with Gasteiger partial charge in [-0.05, 0) is 44.1 Å². The van der Waals surface area contributed by atoms with Crippen molar-refractivity contribution in [2.45, 2.75) is 90.6 Å². The van der Waals surface area contributed by atoms with Crippen LogP contribution in [-0.4, -0.2) is 60.7 Å². The molecule has 0 aliphatic heterocycles. The number of hydrogen-bond donors (Lipinski definition) is 0. The Kier molecular flexibility index (Phi) is 23.2. The minimum absolute atomic E-state index is 0.110. The summed E-state index contributed by atoms with van der Waals surface area (Å²) in [6, 6.07) is 0. The Bertz CT molecular complexity index is 539. The summed E-state index contributed by atoms with van der Waals surface area (Å²) in [7, 11) is 0. The third-order valence-corrected chi connectivity index (χ3v) is 6.27. The Balaban J connectivity index is 3.81. The molecule has 0 aliphatic carbocycles. The van der Waals surface area contributed by atoms with Crippen LogP contribution in [0.4, 0.5) is 0 Å². The van der Waals surface area contributed by atoms with Gasteiger partial charge in [0.05, 0.1) is 11.5 Å². The number of thioether (sulfide) groups is 2. The molecule has 0 amide bonds. The lowest BCUT2D eigenvalue weighted by atomic mass is 10.1. The molecule has 0 aromatic rings. The quantitative estimate of drug-likeness (QED) is 0.0772. The number of carbonyl (C=O) groups excluding carboxylic acids is 3. The molecular weight excluding hydrogens is 460 g/mol. The maximum absolute atomic E-state index is 12.0. The molecule has 0 N–H and O–H groups in total. The highest BCUT2D eigenvalue weighted by molar-refractivity contribution is 7.99. The number of esters is 3. The first-order chi connectivity index (χ1) is 16.0. The van der Waals surface area contributed by atoms with E-state index in [4.69, 9.17) is 14.2 Å². The Labute approximate surface area is 209 Å². The summed E-state index contributed by atoms with van der Waals surface area (Å²) in [6.45, 7) is 3.70. The minimum Gasteiger partial charge on any atom is -0.462 e. The standard InChI is InChI=1S/C25H44O6S2/c1-4-6-7-8-9-10-11-12-13-14-15-16-17-33-21-24(27)30-19-22(18-29-23(26)5-2)31-25(28)20-32-3/h11-12,22H,4-10,13-21H2,1-3H3/b12-11-. The number of allylic oxidation sites excluding steroid dienone is 2. The van der Waals surface area contributed by atoms with Crippen molar-refractivity contribution in [2.75, 3.05) is 36.7 Å². The summed E-state index contributed by atoms with van der Waals surface area (Å²) < 4.78 is 15.5. The molecule has 0 heterocycles. The maximum Gasteiger partial charge on any atom is 0.316 e. The van der Waals surface area contributed by atoms with Gasteiger partial charge < -0.3 is 14.2 Å². The lowest BCUT2D eigenvalue weighted by Crippen LogP contribution is -2.31. The SMILES string of the molecule is CCCCCCC/C=C\CCCCCSCC(=O)OCC(COC(=O)CC)OC(=O)CSC. The van der Waals surface area contributed by atoms with Crippen LogP contribution in [0.15, 0.2) is 12.2 Å². The number of hydrogen-bond acceptors (Lipinski definition) is 8.